The lowest BCUT2D eigenvalue weighted by atomic mass is 9.97. The lowest BCUT2D eigenvalue weighted by molar-refractivity contribution is 0.0748. The molecule has 0 aromatic carbocycles. The van der Waals surface area contributed by atoms with E-state index >= 15 is 0 Å². The molecule has 1 aliphatic heterocycles. The molecule has 1 atom stereocenters. The van der Waals surface area contributed by atoms with Crippen molar-refractivity contribution in [3.63, 3.8) is 0 Å². The monoisotopic (exact) mass is 184 g/mol. The molecule has 0 aromatic rings. The van der Waals surface area contributed by atoms with Gasteiger partial charge >= 0.3 is 0 Å². The Balaban J connectivity index is 2.46. The minimum atomic E-state index is 0.349. The van der Waals surface area contributed by atoms with Crippen LogP contribution in [0.5, 0.6) is 0 Å². The van der Waals surface area contributed by atoms with Gasteiger partial charge in [-0.15, -0.1) is 0 Å². The molecule has 0 spiro atoms. The highest BCUT2D eigenvalue weighted by Gasteiger charge is 2.29. The average Bonchev–Trinajstić information content (AvgIpc) is 2.08. The van der Waals surface area contributed by atoms with Gasteiger partial charge in [0.05, 0.1) is 0 Å². The van der Waals surface area contributed by atoms with Crippen molar-refractivity contribution in [2.24, 2.45) is 5.92 Å². The minimum Gasteiger partial charge on any atom is -0.314 e. The Morgan fingerprint density at radius 2 is 2.15 bits per heavy atom. The van der Waals surface area contributed by atoms with E-state index in [1.165, 1.54) is 19.5 Å². The van der Waals surface area contributed by atoms with Crippen molar-refractivity contribution < 1.29 is 0 Å². The van der Waals surface area contributed by atoms with Crippen LogP contribution in [0.2, 0.25) is 0 Å². The van der Waals surface area contributed by atoms with Gasteiger partial charge in [-0.2, -0.15) is 0 Å². The molecular weight excluding hydrogens is 160 g/mol. The molecule has 0 radical (unpaired) electrons. The smallest absolute Gasteiger partial charge is 0.0278 e. The van der Waals surface area contributed by atoms with Crippen LogP contribution in [-0.2, 0) is 0 Å². The molecule has 78 valence electrons. The molecule has 1 unspecified atom stereocenters. The van der Waals surface area contributed by atoms with Crippen molar-refractivity contribution in [2.75, 3.05) is 26.2 Å². The molecule has 0 aliphatic carbocycles. The molecule has 0 bridgehead atoms. The van der Waals surface area contributed by atoms with Gasteiger partial charge in [-0.05, 0) is 19.8 Å². The van der Waals surface area contributed by atoms with Gasteiger partial charge in [-0.3, -0.25) is 4.90 Å². The van der Waals surface area contributed by atoms with Crippen molar-refractivity contribution in [1.29, 1.82) is 0 Å². The molecular formula is C11H24N2. The topological polar surface area (TPSA) is 15.3 Å². The van der Waals surface area contributed by atoms with Crippen LogP contribution < -0.4 is 5.32 Å². The zero-order valence-corrected chi connectivity index (χ0v) is 9.56. The number of rotatable bonds is 3. The van der Waals surface area contributed by atoms with Gasteiger partial charge in [0.2, 0.25) is 0 Å². The number of nitrogens with zero attached hydrogens (tertiary/aromatic N) is 1. The van der Waals surface area contributed by atoms with E-state index in [4.69, 9.17) is 0 Å². The number of hydrogen-bond acceptors (Lipinski definition) is 2. The highest BCUT2D eigenvalue weighted by atomic mass is 15.2. The first-order valence-electron chi connectivity index (χ1n) is 5.52. The Hall–Kier alpha value is -0.0800. The van der Waals surface area contributed by atoms with Crippen LogP contribution in [-0.4, -0.2) is 36.6 Å². The molecule has 2 heteroatoms. The van der Waals surface area contributed by atoms with Gasteiger partial charge < -0.3 is 5.32 Å². The van der Waals surface area contributed by atoms with Crippen LogP contribution in [0, 0.1) is 5.92 Å². The van der Waals surface area contributed by atoms with Gasteiger partial charge in [0, 0.05) is 31.7 Å². The van der Waals surface area contributed by atoms with E-state index in [1.807, 2.05) is 0 Å². The van der Waals surface area contributed by atoms with Crippen molar-refractivity contribution in [2.45, 2.75) is 39.7 Å². The Morgan fingerprint density at radius 1 is 1.46 bits per heavy atom. The number of piperazine rings is 1. The number of hydrogen-bond donors (Lipinski definition) is 1. The average molecular weight is 184 g/mol. The van der Waals surface area contributed by atoms with E-state index in [1.54, 1.807) is 0 Å². The summed E-state index contributed by atoms with van der Waals surface area (Å²) in [5.74, 6) is 0.831. The fraction of sp³-hybridized carbons (Fsp3) is 1.00. The number of nitrogens with one attached hydrogen (secondary N) is 1. The third kappa shape index (κ3) is 2.96. The van der Waals surface area contributed by atoms with E-state index < -0.39 is 0 Å². The zero-order chi connectivity index (χ0) is 9.90. The SMILES string of the molecule is CCC(C)CN1CCNCC1(C)C. The summed E-state index contributed by atoms with van der Waals surface area (Å²) < 4.78 is 0. The first-order valence-corrected chi connectivity index (χ1v) is 5.52. The van der Waals surface area contributed by atoms with Gasteiger partial charge in [0.1, 0.15) is 0 Å². The van der Waals surface area contributed by atoms with Crippen molar-refractivity contribution in [3.8, 4) is 0 Å². The highest BCUT2D eigenvalue weighted by molar-refractivity contribution is 4.88. The van der Waals surface area contributed by atoms with Crippen molar-refractivity contribution in [1.82, 2.24) is 10.2 Å². The molecule has 0 saturated carbocycles. The Labute approximate surface area is 82.7 Å². The minimum absolute atomic E-state index is 0.349. The van der Waals surface area contributed by atoms with Crippen LogP contribution in [0.1, 0.15) is 34.1 Å². The second-order valence-corrected chi connectivity index (χ2v) is 4.95. The second kappa shape index (κ2) is 4.43. The van der Waals surface area contributed by atoms with Crippen LogP contribution in [0.15, 0.2) is 0 Å². The molecule has 1 fully saturated rings. The van der Waals surface area contributed by atoms with Crippen molar-refractivity contribution >= 4 is 0 Å². The van der Waals surface area contributed by atoms with Crippen LogP contribution in [0.4, 0.5) is 0 Å². The highest BCUT2D eigenvalue weighted by Crippen LogP contribution is 2.18. The Bertz CT molecular complexity index is 154. The first-order chi connectivity index (χ1) is 6.06. The lowest BCUT2D eigenvalue weighted by Crippen LogP contribution is -2.58. The van der Waals surface area contributed by atoms with E-state index in [0.29, 0.717) is 5.54 Å². The van der Waals surface area contributed by atoms with Crippen LogP contribution in [0.25, 0.3) is 0 Å². The summed E-state index contributed by atoms with van der Waals surface area (Å²) in [6.45, 7) is 14.0. The van der Waals surface area contributed by atoms with Crippen molar-refractivity contribution in [3.05, 3.63) is 0 Å². The molecule has 1 saturated heterocycles. The maximum Gasteiger partial charge on any atom is 0.0278 e. The molecule has 1 N–H and O–H groups in total. The zero-order valence-electron chi connectivity index (χ0n) is 9.56. The first kappa shape index (κ1) is 11.0. The van der Waals surface area contributed by atoms with Crippen LogP contribution >= 0.6 is 0 Å². The summed E-state index contributed by atoms with van der Waals surface area (Å²) in [5, 5.41) is 3.45. The predicted octanol–water partition coefficient (Wildman–Crippen LogP) is 1.72. The largest absolute Gasteiger partial charge is 0.314 e. The summed E-state index contributed by atoms with van der Waals surface area (Å²) >= 11 is 0. The molecule has 1 heterocycles. The lowest BCUT2D eigenvalue weighted by Gasteiger charge is -2.44. The summed E-state index contributed by atoms with van der Waals surface area (Å²) in [7, 11) is 0. The van der Waals surface area contributed by atoms with Gasteiger partial charge in [0.15, 0.2) is 0 Å². The van der Waals surface area contributed by atoms with E-state index in [0.717, 1.165) is 19.0 Å². The van der Waals surface area contributed by atoms with Gasteiger partial charge in [-0.25, -0.2) is 0 Å². The summed E-state index contributed by atoms with van der Waals surface area (Å²) in [6.07, 6.45) is 1.29. The summed E-state index contributed by atoms with van der Waals surface area (Å²) in [6, 6.07) is 0. The summed E-state index contributed by atoms with van der Waals surface area (Å²) in [4.78, 5) is 2.62. The standard InChI is InChI=1S/C11H24N2/c1-5-10(2)8-13-7-6-12-9-11(13,3)4/h10,12H,5-9H2,1-4H3. The molecule has 1 rings (SSSR count). The maximum atomic E-state index is 3.45. The fourth-order valence-electron chi connectivity index (χ4n) is 1.87. The van der Waals surface area contributed by atoms with E-state index in [9.17, 15) is 0 Å². The Morgan fingerprint density at radius 3 is 2.69 bits per heavy atom. The summed E-state index contributed by atoms with van der Waals surface area (Å²) in [5.41, 5.74) is 0.349. The Kier molecular flexibility index (Phi) is 3.74. The molecule has 0 amide bonds. The van der Waals surface area contributed by atoms with Crippen LogP contribution in [0.3, 0.4) is 0 Å². The quantitative estimate of drug-likeness (QED) is 0.718. The van der Waals surface area contributed by atoms with Gasteiger partial charge in [-0.1, -0.05) is 20.3 Å². The van der Waals surface area contributed by atoms with E-state index in [2.05, 4.69) is 37.9 Å². The van der Waals surface area contributed by atoms with Gasteiger partial charge in [0.25, 0.3) is 0 Å². The van der Waals surface area contributed by atoms with E-state index in [-0.39, 0.29) is 0 Å². The predicted molar refractivity (Wildman–Crippen MR) is 58.0 cm³/mol. The molecule has 2 nitrogen and oxygen atoms in total. The maximum absolute atomic E-state index is 3.45. The third-order valence-corrected chi connectivity index (χ3v) is 3.20. The molecule has 0 aromatic heterocycles. The normalized spacial score (nSPS) is 25.8. The molecule has 13 heavy (non-hydrogen) atoms. The fourth-order valence-corrected chi connectivity index (χ4v) is 1.87. The third-order valence-electron chi connectivity index (χ3n) is 3.20. The second-order valence-electron chi connectivity index (χ2n) is 4.95. The molecule has 1 aliphatic rings.